The Hall–Kier alpha value is -1.27. The molecule has 6 heteroatoms. The predicted octanol–water partition coefficient (Wildman–Crippen LogP) is 0.857. The maximum atomic E-state index is 5.54. The van der Waals surface area contributed by atoms with Crippen LogP contribution < -0.4 is 10.6 Å². The first-order valence-corrected chi connectivity index (χ1v) is 8.18. The van der Waals surface area contributed by atoms with E-state index in [0.717, 1.165) is 75.9 Å². The van der Waals surface area contributed by atoms with Crippen LogP contribution in [0.2, 0.25) is 0 Å². The Balaban J connectivity index is 1.90. The lowest BCUT2D eigenvalue weighted by atomic mass is 10.2. The zero-order valence-corrected chi connectivity index (χ0v) is 13.4. The van der Waals surface area contributed by atoms with Crippen molar-refractivity contribution in [1.82, 2.24) is 20.1 Å². The van der Waals surface area contributed by atoms with Crippen LogP contribution in [0, 0.1) is 0 Å². The largest absolute Gasteiger partial charge is 0.337 e. The second-order valence-electron chi connectivity index (χ2n) is 5.54. The summed E-state index contributed by atoms with van der Waals surface area (Å²) in [5, 5.41) is 8.65. The van der Waals surface area contributed by atoms with Crippen LogP contribution in [0.1, 0.15) is 38.1 Å². The number of piperazine rings is 1. The number of rotatable bonds is 7. The van der Waals surface area contributed by atoms with Gasteiger partial charge < -0.3 is 10.6 Å². The van der Waals surface area contributed by atoms with Gasteiger partial charge in [0.25, 0.3) is 0 Å². The fourth-order valence-corrected chi connectivity index (χ4v) is 2.71. The SMILES string of the molecule is CCc1nnc(N2CCN(CCCCN)CC2)nc1CC. The van der Waals surface area contributed by atoms with Crippen molar-refractivity contribution in [2.75, 3.05) is 44.2 Å². The molecule has 1 aromatic rings. The lowest BCUT2D eigenvalue weighted by Crippen LogP contribution is -2.47. The molecule has 1 aliphatic heterocycles. The normalized spacial score (nSPS) is 16.4. The second kappa shape index (κ2) is 8.24. The molecule has 0 spiro atoms. The van der Waals surface area contributed by atoms with Crippen LogP contribution in [0.4, 0.5) is 5.95 Å². The maximum absolute atomic E-state index is 5.54. The maximum Gasteiger partial charge on any atom is 0.245 e. The van der Waals surface area contributed by atoms with Crippen LogP contribution in [-0.2, 0) is 12.8 Å². The molecule has 0 amide bonds. The molecule has 1 fully saturated rings. The Bertz CT molecular complexity index is 428. The molecule has 118 valence electrons. The van der Waals surface area contributed by atoms with Gasteiger partial charge in [-0.1, -0.05) is 13.8 Å². The molecule has 0 aliphatic carbocycles. The van der Waals surface area contributed by atoms with E-state index < -0.39 is 0 Å². The number of nitrogens with zero attached hydrogens (tertiary/aromatic N) is 5. The first-order chi connectivity index (χ1) is 10.3. The van der Waals surface area contributed by atoms with Crippen LogP contribution >= 0.6 is 0 Å². The number of hydrogen-bond acceptors (Lipinski definition) is 6. The van der Waals surface area contributed by atoms with Crippen LogP contribution in [0.25, 0.3) is 0 Å². The topological polar surface area (TPSA) is 71.2 Å². The molecule has 0 bridgehead atoms. The Morgan fingerprint density at radius 3 is 2.29 bits per heavy atom. The van der Waals surface area contributed by atoms with Gasteiger partial charge in [0.15, 0.2) is 0 Å². The minimum atomic E-state index is 0.795. The van der Waals surface area contributed by atoms with Crippen molar-refractivity contribution in [3.8, 4) is 0 Å². The van der Waals surface area contributed by atoms with Crippen LogP contribution in [-0.4, -0.2) is 59.3 Å². The van der Waals surface area contributed by atoms with Crippen LogP contribution in [0.3, 0.4) is 0 Å². The van der Waals surface area contributed by atoms with Gasteiger partial charge in [-0.15, -0.1) is 5.10 Å². The highest BCUT2D eigenvalue weighted by atomic mass is 15.4. The standard InChI is InChI=1S/C15H28N6/c1-3-13-14(4-2)18-19-15(17-13)21-11-9-20(10-12-21)8-6-5-7-16/h3-12,16H2,1-2H3. The van der Waals surface area contributed by atoms with Crippen molar-refractivity contribution in [1.29, 1.82) is 0 Å². The third-order valence-corrected chi connectivity index (χ3v) is 4.08. The number of aryl methyl sites for hydroxylation is 2. The van der Waals surface area contributed by atoms with Crippen molar-refractivity contribution in [3.05, 3.63) is 11.4 Å². The third-order valence-electron chi connectivity index (χ3n) is 4.08. The van der Waals surface area contributed by atoms with E-state index in [1.165, 1.54) is 6.42 Å². The summed E-state index contributed by atoms with van der Waals surface area (Å²) < 4.78 is 0. The number of nitrogens with two attached hydrogens (primary N) is 1. The van der Waals surface area contributed by atoms with Crippen molar-refractivity contribution in [2.24, 2.45) is 5.73 Å². The summed E-state index contributed by atoms with van der Waals surface area (Å²) in [5.74, 6) is 0.797. The number of anilines is 1. The Morgan fingerprint density at radius 2 is 1.67 bits per heavy atom. The van der Waals surface area contributed by atoms with Crippen molar-refractivity contribution >= 4 is 5.95 Å². The molecular weight excluding hydrogens is 264 g/mol. The molecule has 2 heterocycles. The van der Waals surface area contributed by atoms with Gasteiger partial charge in [-0.25, -0.2) is 4.98 Å². The van der Waals surface area contributed by atoms with Gasteiger partial charge in [0.1, 0.15) is 0 Å². The Morgan fingerprint density at radius 1 is 0.952 bits per heavy atom. The zero-order chi connectivity index (χ0) is 15.1. The molecule has 0 aromatic carbocycles. The minimum absolute atomic E-state index is 0.795. The number of hydrogen-bond donors (Lipinski definition) is 1. The first kappa shape index (κ1) is 16.1. The lowest BCUT2D eigenvalue weighted by molar-refractivity contribution is 0.252. The first-order valence-electron chi connectivity index (χ1n) is 8.18. The molecule has 1 saturated heterocycles. The fourth-order valence-electron chi connectivity index (χ4n) is 2.71. The van der Waals surface area contributed by atoms with Gasteiger partial charge in [0, 0.05) is 26.2 Å². The summed E-state index contributed by atoms with van der Waals surface area (Å²) in [4.78, 5) is 9.46. The highest BCUT2D eigenvalue weighted by molar-refractivity contribution is 5.31. The Kier molecular flexibility index (Phi) is 6.32. The monoisotopic (exact) mass is 292 g/mol. The summed E-state index contributed by atoms with van der Waals surface area (Å²) in [6.07, 6.45) is 4.13. The molecule has 0 atom stereocenters. The molecule has 0 radical (unpaired) electrons. The van der Waals surface area contributed by atoms with E-state index in [-0.39, 0.29) is 0 Å². The van der Waals surface area contributed by atoms with E-state index in [4.69, 9.17) is 10.7 Å². The Labute approximate surface area is 127 Å². The van der Waals surface area contributed by atoms with Crippen molar-refractivity contribution in [2.45, 2.75) is 39.5 Å². The molecule has 1 aromatic heterocycles. The molecule has 6 nitrogen and oxygen atoms in total. The van der Waals surface area contributed by atoms with E-state index in [1.807, 2.05) is 0 Å². The van der Waals surface area contributed by atoms with E-state index in [0.29, 0.717) is 0 Å². The average Bonchev–Trinajstić information content (AvgIpc) is 2.55. The predicted molar refractivity (Wildman–Crippen MR) is 85.5 cm³/mol. The lowest BCUT2D eigenvalue weighted by Gasteiger charge is -2.34. The molecule has 1 aliphatic rings. The quantitative estimate of drug-likeness (QED) is 0.752. The molecule has 2 N–H and O–H groups in total. The van der Waals surface area contributed by atoms with Crippen molar-refractivity contribution < 1.29 is 0 Å². The summed E-state index contributed by atoms with van der Waals surface area (Å²) in [6.45, 7) is 10.3. The summed E-state index contributed by atoms with van der Waals surface area (Å²) >= 11 is 0. The number of aromatic nitrogens is 3. The van der Waals surface area contributed by atoms with E-state index in [9.17, 15) is 0 Å². The molecule has 2 rings (SSSR count). The molecule has 0 saturated carbocycles. The van der Waals surface area contributed by atoms with Crippen LogP contribution in [0.5, 0.6) is 0 Å². The van der Waals surface area contributed by atoms with Gasteiger partial charge in [-0.05, 0) is 38.8 Å². The summed E-state index contributed by atoms with van der Waals surface area (Å²) in [7, 11) is 0. The smallest absolute Gasteiger partial charge is 0.245 e. The average molecular weight is 292 g/mol. The van der Waals surface area contributed by atoms with Gasteiger partial charge in [0.2, 0.25) is 5.95 Å². The highest BCUT2D eigenvalue weighted by Crippen LogP contribution is 2.13. The van der Waals surface area contributed by atoms with Gasteiger partial charge in [0.05, 0.1) is 11.4 Å². The molecular formula is C15H28N6. The van der Waals surface area contributed by atoms with Crippen LogP contribution in [0.15, 0.2) is 0 Å². The number of unbranched alkanes of at least 4 members (excludes halogenated alkanes) is 1. The van der Waals surface area contributed by atoms with E-state index in [1.54, 1.807) is 0 Å². The highest BCUT2D eigenvalue weighted by Gasteiger charge is 2.19. The van der Waals surface area contributed by atoms with E-state index in [2.05, 4.69) is 33.8 Å². The van der Waals surface area contributed by atoms with Gasteiger partial charge >= 0.3 is 0 Å². The molecule has 0 unspecified atom stereocenters. The van der Waals surface area contributed by atoms with Gasteiger partial charge in [-0.2, -0.15) is 5.10 Å². The minimum Gasteiger partial charge on any atom is -0.337 e. The third kappa shape index (κ3) is 4.35. The molecule has 21 heavy (non-hydrogen) atoms. The van der Waals surface area contributed by atoms with E-state index >= 15 is 0 Å². The van der Waals surface area contributed by atoms with Gasteiger partial charge in [-0.3, -0.25) is 4.90 Å². The summed E-state index contributed by atoms with van der Waals surface area (Å²) in [6, 6.07) is 0. The zero-order valence-electron chi connectivity index (χ0n) is 13.4. The van der Waals surface area contributed by atoms with Crippen molar-refractivity contribution in [3.63, 3.8) is 0 Å². The fraction of sp³-hybridized carbons (Fsp3) is 0.800. The summed E-state index contributed by atoms with van der Waals surface area (Å²) in [5.41, 5.74) is 7.66. The second-order valence-corrected chi connectivity index (χ2v) is 5.54.